The average molecular weight is 280 g/mol. The zero-order chi connectivity index (χ0) is 14.4. The third-order valence-corrected chi connectivity index (χ3v) is 3.43. The normalized spacial score (nSPS) is 26.4. The topological polar surface area (TPSA) is 145 Å². The molecule has 9 nitrogen and oxygen atoms in total. The van der Waals surface area contributed by atoms with Crippen LogP contribution in [0, 0.1) is 6.92 Å². The number of hydrogen-bond acceptors (Lipinski definition) is 8. The van der Waals surface area contributed by atoms with Crippen LogP contribution in [-0.2, 0) is 4.74 Å². The number of fused-ring (bicyclic) bond motifs is 1. The Labute approximate surface area is 114 Å². The fraction of sp³-hybridized carbons (Fsp3) is 0.545. The number of hydrogen-bond donors (Lipinski definition) is 4. The number of rotatable bonds is 2. The highest BCUT2D eigenvalue weighted by Crippen LogP contribution is 2.32. The van der Waals surface area contributed by atoms with Crippen molar-refractivity contribution in [3.05, 3.63) is 5.69 Å². The number of aromatic nitrogens is 4. The van der Waals surface area contributed by atoms with E-state index in [-0.39, 0.29) is 18.4 Å². The third kappa shape index (κ3) is 1.87. The molecule has 0 saturated carbocycles. The van der Waals surface area contributed by atoms with E-state index in [9.17, 15) is 5.11 Å². The number of aryl methyl sites for hydroxylation is 1. The molecule has 3 unspecified atom stereocenters. The van der Waals surface area contributed by atoms with Crippen molar-refractivity contribution in [2.45, 2.75) is 31.8 Å². The van der Waals surface area contributed by atoms with Crippen molar-refractivity contribution in [2.75, 3.05) is 18.1 Å². The molecule has 9 heteroatoms. The standard InChI is InChI=1S/C11H16N6O3/c1-4-8-9(12)14-11(13)15-10(8)17(16-4)7-2-5(19)6(3-18)20-7/h5-7,18-19H,2-3H2,1H3,(H4,12,13,14,15). The second kappa shape index (κ2) is 4.54. The Morgan fingerprint density at radius 2 is 2.15 bits per heavy atom. The van der Waals surface area contributed by atoms with Crippen LogP contribution >= 0.6 is 0 Å². The first-order chi connectivity index (χ1) is 9.51. The van der Waals surface area contributed by atoms with E-state index in [0.29, 0.717) is 23.1 Å². The third-order valence-electron chi connectivity index (χ3n) is 3.43. The molecule has 6 N–H and O–H groups in total. The molecule has 2 aromatic rings. The Morgan fingerprint density at radius 3 is 2.80 bits per heavy atom. The van der Waals surface area contributed by atoms with Crippen LogP contribution in [0.3, 0.4) is 0 Å². The number of nitrogens with zero attached hydrogens (tertiary/aromatic N) is 4. The highest BCUT2D eigenvalue weighted by atomic mass is 16.5. The van der Waals surface area contributed by atoms with E-state index in [1.807, 2.05) is 0 Å². The molecule has 0 amide bonds. The SMILES string of the molecule is Cc1nn(C2CC(O)C(CO)O2)c2nc(N)nc(N)c12. The van der Waals surface area contributed by atoms with Crippen molar-refractivity contribution >= 4 is 22.8 Å². The van der Waals surface area contributed by atoms with Crippen LogP contribution < -0.4 is 11.5 Å². The Morgan fingerprint density at radius 1 is 1.40 bits per heavy atom. The molecule has 1 fully saturated rings. The van der Waals surface area contributed by atoms with Gasteiger partial charge in [-0.1, -0.05) is 0 Å². The lowest BCUT2D eigenvalue weighted by molar-refractivity contribution is -0.0471. The second-order valence-electron chi connectivity index (χ2n) is 4.81. The predicted octanol–water partition coefficient (Wildman–Crippen LogP) is -1.06. The minimum absolute atomic E-state index is 0.0494. The van der Waals surface area contributed by atoms with E-state index >= 15 is 0 Å². The zero-order valence-electron chi connectivity index (χ0n) is 10.9. The largest absolute Gasteiger partial charge is 0.394 e. The summed E-state index contributed by atoms with van der Waals surface area (Å²) in [6.45, 7) is 1.53. The van der Waals surface area contributed by atoms with Crippen molar-refractivity contribution in [2.24, 2.45) is 0 Å². The minimum atomic E-state index is -0.749. The molecule has 0 bridgehead atoms. The summed E-state index contributed by atoms with van der Waals surface area (Å²) in [7, 11) is 0. The maximum atomic E-state index is 9.80. The van der Waals surface area contributed by atoms with Crippen LogP contribution in [0.1, 0.15) is 18.3 Å². The van der Waals surface area contributed by atoms with Crippen molar-refractivity contribution in [1.82, 2.24) is 19.7 Å². The molecule has 3 rings (SSSR count). The summed E-state index contributed by atoms with van der Waals surface area (Å²) in [4.78, 5) is 8.05. The summed E-state index contributed by atoms with van der Waals surface area (Å²) in [5, 5.41) is 23.9. The van der Waals surface area contributed by atoms with Gasteiger partial charge in [-0.15, -0.1) is 0 Å². The summed E-state index contributed by atoms with van der Waals surface area (Å²) in [5.74, 6) is 0.307. The molecule has 0 radical (unpaired) electrons. The van der Waals surface area contributed by atoms with Crippen molar-refractivity contribution in [3.63, 3.8) is 0 Å². The van der Waals surface area contributed by atoms with Crippen LogP contribution in [0.5, 0.6) is 0 Å². The van der Waals surface area contributed by atoms with Gasteiger partial charge < -0.3 is 26.4 Å². The molecular formula is C11H16N6O3. The molecule has 1 aliphatic heterocycles. The lowest BCUT2D eigenvalue weighted by atomic mass is 10.2. The Hall–Kier alpha value is -1.97. The average Bonchev–Trinajstić information content (AvgIpc) is 2.90. The predicted molar refractivity (Wildman–Crippen MR) is 70.5 cm³/mol. The molecule has 0 aliphatic carbocycles. The molecular weight excluding hydrogens is 264 g/mol. The van der Waals surface area contributed by atoms with Crippen molar-refractivity contribution in [3.8, 4) is 0 Å². The van der Waals surface area contributed by atoms with E-state index in [1.54, 1.807) is 6.92 Å². The highest BCUT2D eigenvalue weighted by Gasteiger charge is 2.36. The number of aliphatic hydroxyl groups excluding tert-OH is 2. The van der Waals surface area contributed by atoms with Crippen LogP contribution in [-0.4, -0.2) is 48.8 Å². The van der Waals surface area contributed by atoms with Gasteiger partial charge in [-0.2, -0.15) is 15.1 Å². The van der Waals surface area contributed by atoms with Gasteiger partial charge in [0.05, 0.1) is 23.8 Å². The lowest BCUT2D eigenvalue weighted by Crippen LogP contribution is -2.24. The Balaban J connectivity index is 2.09. The van der Waals surface area contributed by atoms with Crippen molar-refractivity contribution < 1.29 is 14.9 Å². The minimum Gasteiger partial charge on any atom is -0.394 e. The summed E-state index contributed by atoms with van der Waals surface area (Å²) < 4.78 is 7.09. The summed E-state index contributed by atoms with van der Waals surface area (Å²) >= 11 is 0. The maximum Gasteiger partial charge on any atom is 0.224 e. The van der Waals surface area contributed by atoms with Gasteiger partial charge in [-0.05, 0) is 6.92 Å². The quantitative estimate of drug-likeness (QED) is 0.544. The van der Waals surface area contributed by atoms with Crippen LogP contribution in [0.15, 0.2) is 0 Å². The fourth-order valence-corrected chi connectivity index (χ4v) is 2.48. The molecule has 2 aromatic heterocycles. The molecule has 108 valence electrons. The summed E-state index contributed by atoms with van der Waals surface area (Å²) in [6, 6.07) is 0. The molecule has 1 aliphatic rings. The summed E-state index contributed by atoms with van der Waals surface area (Å²) in [5.41, 5.74) is 12.6. The van der Waals surface area contributed by atoms with Gasteiger partial charge in [0.25, 0.3) is 0 Å². The smallest absolute Gasteiger partial charge is 0.224 e. The second-order valence-corrected chi connectivity index (χ2v) is 4.81. The number of ether oxygens (including phenoxy) is 1. The highest BCUT2D eigenvalue weighted by molar-refractivity contribution is 5.89. The van der Waals surface area contributed by atoms with Gasteiger partial charge >= 0.3 is 0 Å². The van der Waals surface area contributed by atoms with Crippen molar-refractivity contribution in [1.29, 1.82) is 0 Å². The fourth-order valence-electron chi connectivity index (χ4n) is 2.48. The van der Waals surface area contributed by atoms with E-state index in [2.05, 4.69) is 15.1 Å². The van der Waals surface area contributed by atoms with Crippen LogP contribution in [0.4, 0.5) is 11.8 Å². The van der Waals surface area contributed by atoms with E-state index in [0.717, 1.165) is 0 Å². The number of nitrogens with two attached hydrogens (primary N) is 2. The maximum absolute atomic E-state index is 9.80. The number of anilines is 2. The molecule has 3 heterocycles. The van der Waals surface area contributed by atoms with E-state index in [4.69, 9.17) is 21.3 Å². The van der Waals surface area contributed by atoms with Gasteiger partial charge in [0.2, 0.25) is 5.95 Å². The van der Waals surface area contributed by atoms with Gasteiger partial charge in [0, 0.05) is 6.42 Å². The van der Waals surface area contributed by atoms with Crippen LogP contribution in [0.2, 0.25) is 0 Å². The van der Waals surface area contributed by atoms with E-state index in [1.165, 1.54) is 4.68 Å². The molecule has 1 saturated heterocycles. The summed E-state index contributed by atoms with van der Waals surface area (Å²) in [6.07, 6.45) is -1.59. The first-order valence-corrected chi connectivity index (χ1v) is 6.23. The molecule has 3 atom stereocenters. The van der Waals surface area contributed by atoms with Gasteiger partial charge in [-0.3, -0.25) is 0 Å². The first-order valence-electron chi connectivity index (χ1n) is 6.23. The molecule has 0 aromatic carbocycles. The monoisotopic (exact) mass is 280 g/mol. The Kier molecular flexibility index (Phi) is 2.96. The molecule has 20 heavy (non-hydrogen) atoms. The zero-order valence-corrected chi connectivity index (χ0v) is 10.9. The van der Waals surface area contributed by atoms with Gasteiger partial charge in [0.15, 0.2) is 11.9 Å². The number of aliphatic hydroxyl groups is 2. The molecule has 0 spiro atoms. The lowest BCUT2D eigenvalue weighted by Gasteiger charge is -2.13. The van der Waals surface area contributed by atoms with E-state index < -0.39 is 18.4 Å². The van der Waals surface area contributed by atoms with Gasteiger partial charge in [0.1, 0.15) is 11.9 Å². The Bertz CT molecular complexity index is 657. The number of nitrogen functional groups attached to an aromatic ring is 2. The first kappa shape index (κ1) is 13.0. The van der Waals surface area contributed by atoms with Gasteiger partial charge in [-0.25, -0.2) is 4.68 Å². The van der Waals surface area contributed by atoms with Crippen LogP contribution in [0.25, 0.3) is 11.0 Å².